The van der Waals surface area contributed by atoms with Crippen molar-refractivity contribution in [2.24, 2.45) is 0 Å². The van der Waals surface area contributed by atoms with Crippen molar-refractivity contribution in [3.05, 3.63) is 44.6 Å². The van der Waals surface area contributed by atoms with Crippen LogP contribution in [0.25, 0.3) is 0 Å². The van der Waals surface area contributed by atoms with E-state index in [0.717, 1.165) is 21.3 Å². The molecule has 0 saturated carbocycles. The van der Waals surface area contributed by atoms with E-state index < -0.39 is 0 Å². The van der Waals surface area contributed by atoms with Gasteiger partial charge in [-0.1, -0.05) is 23.2 Å². The van der Waals surface area contributed by atoms with Gasteiger partial charge in [0.15, 0.2) is 0 Å². The molecule has 0 aliphatic carbocycles. The van der Waals surface area contributed by atoms with Crippen molar-refractivity contribution in [2.75, 3.05) is 11.9 Å². The fraction of sp³-hybridized carbons (Fsp3) is 0.286. The first-order valence-electron chi connectivity index (χ1n) is 6.03. The minimum atomic E-state index is 0.140. The molecule has 5 heteroatoms. The topological polar surface area (TPSA) is 21.3 Å². The first kappa shape index (κ1) is 14.5. The molecular formula is C14H15Cl2NOS. The van der Waals surface area contributed by atoms with Crippen LogP contribution in [0.4, 0.5) is 5.69 Å². The number of halogens is 2. The Labute approximate surface area is 127 Å². The van der Waals surface area contributed by atoms with E-state index in [9.17, 15) is 0 Å². The summed E-state index contributed by atoms with van der Waals surface area (Å²) in [4.78, 5) is 0. The second-order valence-corrected chi connectivity index (χ2v) is 6.10. The van der Waals surface area contributed by atoms with Crippen molar-refractivity contribution in [1.82, 2.24) is 0 Å². The van der Waals surface area contributed by atoms with Crippen molar-refractivity contribution in [2.45, 2.75) is 19.9 Å². The van der Waals surface area contributed by atoms with Crippen LogP contribution >= 0.6 is 34.5 Å². The van der Waals surface area contributed by atoms with E-state index in [2.05, 4.69) is 12.2 Å². The van der Waals surface area contributed by atoms with Crippen LogP contribution in [0.1, 0.15) is 25.5 Å². The summed E-state index contributed by atoms with van der Waals surface area (Å²) in [7, 11) is 0. The van der Waals surface area contributed by atoms with Crippen molar-refractivity contribution in [1.29, 1.82) is 0 Å². The summed E-state index contributed by atoms with van der Waals surface area (Å²) in [5.41, 5.74) is 2.04. The quantitative estimate of drug-likeness (QED) is 0.772. The van der Waals surface area contributed by atoms with E-state index in [1.54, 1.807) is 0 Å². The Hall–Kier alpha value is -0.900. The molecule has 1 heterocycles. The lowest BCUT2D eigenvalue weighted by atomic mass is 10.1. The molecule has 0 fully saturated rings. The van der Waals surface area contributed by atoms with Crippen LogP contribution < -0.4 is 10.1 Å². The molecule has 2 rings (SSSR count). The van der Waals surface area contributed by atoms with E-state index in [-0.39, 0.29) is 6.04 Å². The molecule has 1 aromatic heterocycles. The molecule has 0 amide bonds. The van der Waals surface area contributed by atoms with E-state index in [4.69, 9.17) is 27.9 Å². The first-order valence-corrected chi connectivity index (χ1v) is 7.66. The second-order valence-electron chi connectivity index (χ2n) is 4.12. The summed E-state index contributed by atoms with van der Waals surface area (Å²) in [5.74, 6) is 0.806. The van der Waals surface area contributed by atoms with E-state index in [1.807, 2.05) is 36.6 Å². The van der Waals surface area contributed by atoms with Gasteiger partial charge < -0.3 is 10.1 Å². The average Bonchev–Trinajstić information content (AvgIpc) is 2.80. The highest BCUT2D eigenvalue weighted by Crippen LogP contribution is 2.33. The summed E-state index contributed by atoms with van der Waals surface area (Å²) in [5, 5.41) is 6.13. The van der Waals surface area contributed by atoms with Crippen LogP contribution in [-0.2, 0) is 0 Å². The minimum Gasteiger partial charge on any atom is -0.492 e. The average molecular weight is 316 g/mol. The van der Waals surface area contributed by atoms with E-state index in [0.29, 0.717) is 11.6 Å². The zero-order valence-electron chi connectivity index (χ0n) is 10.7. The Kier molecular flexibility index (Phi) is 4.97. The Morgan fingerprint density at radius 2 is 2.11 bits per heavy atom. The van der Waals surface area contributed by atoms with E-state index in [1.165, 1.54) is 11.3 Å². The van der Waals surface area contributed by atoms with Gasteiger partial charge in [0.25, 0.3) is 0 Å². The number of hydrogen-bond donors (Lipinski definition) is 1. The summed E-state index contributed by atoms with van der Waals surface area (Å²) in [6.07, 6.45) is 0. The molecule has 0 aliphatic rings. The standard InChI is InChI=1S/C14H15Cl2NOS/c1-3-18-13-5-4-11(15)7-12(13)17-9(2)10-6-14(16)19-8-10/h4-9,17H,3H2,1-2H3. The highest BCUT2D eigenvalue weighted by molar-refractivity contribution is 7.14. The number of anilines is 1. The number of ether oxygens (including phenoxy) is 1. The summed E-state index contributed by atoms with van der Waals surface area (Å²) in [6.45, 7) is 4.66. The van der Waals surface area contributed by atoms with Crippen LogP contribution in [0.3, 0.4) is 0 Å². The lowest BCUT2D eigenvalue weighted by Gasteiger charge is -2.17. The molecule has 0 saturated heterocycles. The predicted molar refractivity (Wildman–Crippen MR) is 84.0 cm³/mol. The molecule has 102 valence electrons. The third-order valence-electron chi connectivity index (χ3n) is 2.70. The number of thiophene rings is 1. The highest BCUT2D eigenvalue weighted by atomic mass is 35.5. The van der Waals surface area contributed by atoms with Crippen LogP contribution in [0.15, 0.2) is 29.6 Å². The van der Waals surface area contributed by atoms with Crippen molar-refractivity contribution in [3.8, 4) is 5.75 Å². The normalized spacial score (nSPS) is 12.2. The molecule has 0 spiro atoms. The van der Waals surface area contributed by atoms with Crippen molar-refractivity contribution in [3.63, 3.8) is 0 Å². The predicted octanol–water partition coefficient (Wildman–Crippen LogP) is 5.63. The molecular weight excluding hydrogens is 301 g/mol. The number of rotatable bonds is 5. The molecule has 1 atom stereocenters. The molecule has 1 aromatic carbocycles. The molecule has 1 N–H and O–H groups in total. The van der Waals surface area contributed by atoms with Gasteiger partial charge in [0.2, 0.25) is 0 Å². The van der Waals surface area contributed by atoms with Crippen molar-refractivity contribution >= 4 is 40.2 Å². The van der Waals surface area contributed by atoms with Gasteiger partial charge in [-0.05, 0) is 49.1 Å². The van der Waals surface area contributed by atoms with E-state index >= 15 is 0 Å². The third-order valence-corrected chi connectivity index (χ3v) is 4.05. The zero-order valence-corrected chi connectivity index (χ0v) is 13.1. The summed E-state index contributed by atoms with van der Waals surface area (Å²) in [6, 6.07) is 7.68. The molecule has 2 aromatic rings. The fourth-order valence-electron chi connectivity index (χ4n) is 1.76. The summed E-state index contributed by atoms with van der Waals surface area (Å²) >= 11 is 13.5. The largest absolute Gasteiger partial charge is 0.492 e. The molecule has 1 unspecified atom stereocenters. The van der Waals surface area contributed by atoms with Gasteiger partial charge in [0.05, 0.1) is 16.6 Å². The maximum absolute atomic E-state index is 6.04. The van der Waals surface area contributed by atoms with Crippen LogP contribution in [0.2, 0.25) is 9.36 Å². The Morgan fingerprint density at radius 1 is 1.32 bits per heavy atom. The Balaban J connectivity index is 2.19. The maximum atomic E-state index is 6.04. The molecule has 0 radical (unpaired) electrons. The summed E-state index contributed by atoms with van der Waals surface area (Å²) < 4.78 is 6.38. The maximum Gasteiger partial charge on any atom is 0.142 e. The molecule has 0 bridgehead atoms. The highest BCUT2D eigenvalue weighted by Gasteiger charge is 2.11. The number of nitrogens with one attached hydrogen (secondary N) is 1. The fourth-order valence-corrected chi connectivity index (χ4v) is 2.92. The third kappa shape index (κ3) is 3.78. The van der Waals surface area contributed by atoms with Crippen LogP contribution in [0, 0.1) is 0 Å². The van der Waals surface area contributed by atoms with Crippen molar-refractivity contribution < 1.29 is 4.74 Å². The SMILES string of the molecule is CCOc1ccc(Cl)cc1NC(C)c1csc(Cl)c1. The molecule has 0 aliphatic heterocycles. The van der Waals surface area contributed by atoms with Gasteiger partial charge in [0.1, 0.15) is 5.75 Å². The lowest BCUT2D eigenvalue weighted by Crippen LogP contribution is -2.07. The minimum absolute atomic E-state index is 0.140. The van der Waals surface area contributed by atoms with Gasteiger partial charge in [-0.25, -0.2) is 0 Å². The van der Waals surface area contributed by atoms with Gasteiger partial charge in [-0.15, -0.1) is 11.3 Å². The Morgan fingerprint density at radius 3 is 2.74 bits per heavy atom. The van der Waals surface area contributed by atoms with Gasteiger partial charge in [-0.3, -0.25) is 0 Å². The van der Waals surface area contributed by atoms with Gasteiger partial charge in [-0.2, -0.15) is 0 Å². The monoisotopic (exact) mass is 315 g/mol. The zero-order chi connectivity index (χ0) is 13.8. The Bertz CT molecular complexity index is 556. The van der Waals surface area contributed by atoms with Gasteiger partial charge in [0, 0.05) is 11.1 Å². The smallest absolute Gasteiger partial charge is 0.142 e. The van der Waals surface area contributed by atoms with Crippen LogP contribution in [-0.4, -0.2) is 6.61 Å². The number of benzene rings is 1. The van der Waals surface area contributed by atoms with Gasteiger partial charge >= 0.3 is 0 Å². The van der Waals surface area contributed by atoms with Crippen LogP contribution in [0.5, 0.6) is 5.75 Å². The second kappa shape index (κ2) is 6.51. The first-order chi connectivity index (χ1) is 9.10. The number of hydrogen-bond acceptors (Lipinski definition) is 3. The lowest BCUT2D eigenvalue weighted by molar-refractivity contribution is 0.341. The molecule has 2 nitrogen and oxygen atoms in total. The molecule has 19 heavy (non-hydrogen) atoms.